The molecule has 0 saturated carbocycles. The minimum absolute atomic E-state index is 0.0359. The standard InChI is InChI=1S/C13H22N4O3/c1-16(2)13(18)17-7-4-5-10(9-17)12-14-11(15-20-12)6-8-19-3/h10H,4-9H2,1-3H3/t10-/m1/s1. The summed E-state index contributed by atoms with van der Waals surface area (Å²) in [6.45, 7) is 2.01. The molecule has 1 saturated heterocycles. The van der Waals surface area contributed by atoms with E-state index in [1.807, 2.05) is 4.90 Å². The number of piperidine rings is 1. The predicted octanol–water partition coefficient (Wildman–Crippen LogP) is 1.12. The maximum absolute atomic E-state index is 12.0. The summed E-state index contributed by atoms with van der Waals surface area (Å²) in [5.41, 5.74) is 0. The number of hydrogen-bond acceptors (Lipinski definition) is 5. The number of hydrogen-bond donors (Lipinski definition) is 0. The van der Waals surface area contributed by atoms with Crippen molar-refractivity contribution in [3.63, 3.8) is 0 Å². The lowest BCUT2D eigenvalue weighted by atomic mass is 9.98. The van der Waals surface area contributed by atoms with Crippen LogP contribution in [0, 0.1) is 0 Å². The minimum Gasteiger partial charge on any atom is -0.384 e. The van der Waals surface area contributed by atoms with Gasteiger partial charge in [-0.1, -0.05) is 5.16 Å². The molecule has 1 fully saturated rings. The molecule has 0 N–H and O–H groups in total. The van der Waals surface area contributed by atoms with Gasteiger partial charge in [0.25, 0.3) is 0 Å². The van der Waals surface area contributed by atoms with Gasteiger partial charge in [0.15, 0.2) is 5.82 Å². The highest BCUT2D eigenvalue weighted by molar-refractivity contribution is 5.74. The van der Waals surface area contributed by atoms with Crippen LogP contribution in [0.25, 0.3) is 0 Å². The third kappa shape index (κ3) is 3.47. The Hall–Kier alpha value is -1.63. The molecule has 0 aromatic carbocycles. The summed E-state index contributed by atoms with van der Waals surface area (Å²) in [6.07, 6.45) is 2.58. The number of ether oxygens (including phenoxy) is 1. The fourth-order valence-corrected chi connectivity index (χ4v) is 2.36. The molecular formula is C13H22N4O3. The van der Waals surface area contributed by atoms with Crippen LogP contribution in [0.2, 0.25) is 0 Å². The van der Waals surface area contributed by atoms with E-state index in [0.717, 1.165) is 19.4 Å². The summed E-state index contributed by atoms with van der Waals surface area (Å²) in [6, 6.07) is 0.0359. The molecule has 1 aliphatic rings. The van der Waals surface area contributed by atoms with Gasteiger partial charge in [0.2, 0.25) is 5.89 Å². The summed E-state index contributed by atoms with van der Waals surface area (Å²) >= 11 is 0. The Morgan fingerprint density at radius 2 is 2.35 bits per heavy atom. The summed E-state index contributed by atoms with van der Waals surface area (Å²) in [5.74, 6) is 1.43. The molecule has 1 aromatic rings. The molecule has 2 amide bonds. The van der Waals surface area contributed by atoms with Gasteiger partial charge in [-0.3, -0.25) is 0 Å². The molecule has 0 bridgehead atoms. The van der Waals surface area contributed by atoms with Gasteiger partial charge in [-0.2, -0.15) is 4.98 Å². The molecule has 0 spiro atoms. The number of carbonyl (C=O) groups excluding carboxylic acids is 1. The van der Waals surface area contributed by atoms with Crippen molar-refractivity contribution in [1.29, 1.82) is 0 Å². The first-order valence-electron chi connectivity index (χ1n) is 6.89. The molecule has 20 heavy (non-hydrogen) atoms. The van der Waals surface area contributed by atoms with Gasteiger partial charge >= 0.3 is 6.03 Å². The van der Waals surface area contributed by atoms with Crippen LogP contribution in [0.15, 0.2) is 4.52 Å². The van der Waals surface area contributed by atoms with Crippen LogP contribution in [0.5, 0.6) is 0 Å². The van der Waals surface area contributed by atoms with Crippen molar-refractivity contribution in [2.45, 2.75) is 25.2 Å². The summed E-state index contributed by atoms with van der Waals surface area (Å²) in [4.78, 5) is 19.8. The first kappa shape index (κ1) is 14.8. The zero-order valence-electron chi connectivity index (χ0n) is 12.3. The Labute approximate surface area is 118 Å². The fourth-order valence-electron chi connectivity index (χ4n) is 2.36. The molecule has 0 unspecified atom stereocenters. The second-order valence-electron chi connectivity index (χ2n) is 5.25. The van der Waals surface area contributed by atoms with Crippen LogP contribution in [0.1, 0.15) is 30.5 Å². The third-order valence-corrected chi connectivity index (χ3v) is 3.44. The van der Waals surface area contributed by atoms with Gasteiger partial charge in [-0.05, 0) is 12.8 Å². The summed E-state index contributed by atoms with van der Waals surface area (Å²) < 4.78 is 10.3. The van der Waals surface area contributed by atoms with E-state index in [1.165, 1.54) is 0 Å². The van der Waals surface area contributed by atoms with Crippen molar-refractivity contribution in [3.8, 4) is 0 Å². The number of methoxy groups -OCH3 is 1. The van der Waals surface area contributed by atoms with Gasteiger partial charge in [0, 0.05) is 40.7 Å². The highest BCUT2D eigenvalue weighted by atomic mass is 16.5. The lowest BCUT2D eigenvalue weighted by Gasteiger charge is -2.32. The van der Waals surface area contributed by atoms with E-state index in [0.29, 0.717) is 31.3 Å². The van der Waals surface area contributed by atoms with Gasteiger partial charge < -0.3 is 19.1 Å². The molecule has 0 aliphatic carbocycles. The Morgan fingerprint density at radius 1 is 1.55 bits per heavy atom. The van der Waals surface area contributed by atoms with Gasteiger partial charge in [0.05, 0.1) is 12.5 Å². The number of likely N-dealkylation sites (tertiary alicyclic amines) is 1. The van der Waals surface area contributed by atoms with Crippen molar-refractivity contribution in [3.05, 3.63) is 11.7 Å². The normalized spacial score (nSPS) is 19.1. The Balaban J connectivity index is 1.98. The highest BCUT2D eigenvalue weighted by Crippen LogP contribution is 2.26. The Morgan fingerprint density at radius 3 is 3.05 bits per heavy atom. The minimum atomic E-state index is 0.0359. The second-order valence-corrected chi connectivity index (χ2v) is 5.25. The predicted molar refractivity (Wildman–Crippen MR) is 72.5 cm³/mol. The molecule has 112 valence electrons. The average Bonchev–Trinajstić information content (AvgIpc) is 2.93. The van der Waals surface area contributed by atoms with Crippen molar-refractivity contribution in [1.82, 2.24) is 19.9 Å². The lowest BCUT2D eigenvalue weighted by Crippen LogP contribution is -2.44. The maximum atomic E-state index is 12.0. The van der Waals surface area contributed by atoms with Gasteiger partial charge in [-0.25, -0.2) is 4.79 Å². The summed E-state index contributed by atoms with van der Waals surface area (Å²) in [7, 11) is 5.18. The molecule has 2 rings (SSSR count). The topological polar surface area (TPSA) is 71.7 Å². The second kappa shape index (κ2) is 6.69. The van der Waals surface area contributed by atoms with Crippen LogP contribution in [0.4, 0.5) is 4.79 Å². The summed E-state index contributed by atoms with van der Waals surface area (Å²) in [5, 5.41) is 3.95. The van der Waals surface area contributed by atoms with Gasteiger partial charge in [0.1, 0.15) is 0 Å². The lowest BCUT2D eigenvalue weighted by molar-refractivity contribution is 0.149. The van der Waals surface area contributed by atoms with Crippen molar-refractivity contribution < 1.29 is 14.1 Å². The van der Waals surface area contributed by atoms with E-state index in [1.54, 1.807) is 26.1 Å². The quantitative estimate of drug-likeness (QED) is 0.827. The van der Waals surface area contributed by atoms with E-state index in [9.17, 15) is 4.79 Å². The van der Waals surface area contributed by atoms with Crippen LogP contribution in [-0.2, 0) is 11.2 Å². The van der Waals surface area contributed by atoms with Crippen LogP contribution >= 0.6 is 0 Å². The van der Waals surface area contributed by atoms with Crippen LogP contribution < -0.4 is 0 Å². The van der Waals surface area contributed by atoms with Crippen molar-refractivity contribution in [2.75, 3.05) is 40.9 Å². The van der Waals surface area contributed by atoms with E-state index in [-0.39, 0.29) is 11.9 Å². The van der Waals surface area contributed by atoms with Crippen LogP contribution in [-0.4, -0.2) is 66.9 Å². The van der Waals surface area contributed by atoms with Gasteiger partial charge in [-0.15, -0.1) is 0 Å². The maximum Gasteiger partial charge on any atom is 0.319 e. The SMILES string of the molecule is COCCc1noc([C@@H]2CCCN(C(=O)N(C)C)C2)n1. The average molecular weight is 282 g/mol. The first-order chi connectivity index (χ1) is 9.61. The number of nitrogens with zero attached hydrogens (tertiary/aromatic N) is 4. The number of urea groups is 1. The van der Waals surface area contributed by atoms with Crippen molar-refractivity contribution in [2.24, 2.45) is 0 Å². The number of rotatable bonds is 4. The van der Waals surface area contributed by atoms with Crippen LogP contribution in [0.3, 0.4) is 0 Å². The Bertz CT molecular complexity index is 447. The van der Waals surface area contributed by atoms with E-state index < -0.39 is 0 Å². The first-order valence-corrected chi connectivity index (χ1v) is 6.89. The zero-order valence-corrected chi connectivity index (χ0v) is 12.3. The van der Waals surface area contributed by atoms with E-state index in [2.05, 4.69) is 10.1 Å². The number of carbonyl (C=O) groups is 1. The molecule has 7 nitrogen and oxygen atoms in total. The molecule has 0 radical (unpaired) electrons. The van der Waals surface area contributed by atoms with E-state index in [4.69, 9.17) is 9.26 Å². The third-order valence-electron chi connectivity index (χ3n) is 3.44. The highest BCUT2D eigenvalue weighted by Gasteiger charge is 2.29. The Kier molecular flexibility index (Phi) is 4.94. The molecule has 1 aliphatic heterocycles. The molecule has 1 aromatic heterocycles. The monoisotopic (exact) mass is 282 g/mol. The zero-order chi connectivity index (χ0) is 14.5. The molecule has 2 heterocycles. The molecule has 7 heteroatoms. The number of aromatic nitrogens is 2. The van der Waals surface area contributed by atoms with Crippen molar-refractivity contribution >= 4 is 6.03 Å². The van der Waals surface area contributed by atoms with E-state index >= 15 is 0 Å². The fraction of sp³-hybridized carbons (Fsp3) is 0.769. The largest absolute Gasteiger partial charge is 0.384 e. The molecule has 1 atom stereocenters. The molecular weight excluding hydrogens is 260 g/mol. The number of amides is 2. The smallest absolute Gasteiger partial charge is 0.319 e.